The molecule has 8 heteroatoms. The molecule has 2 aromatic carbocycles. The molecule has 2 aromatic rings. The van der Waals surface area contributed by atoms with Crippen LogP contribution in [0.5, 0.6) is 11.5 Å². The van der Waals surface area contributed by atoms with Crippen LogP contribution in [-0.2, 0) is 11.3 Å². The largest absolute Gasteiger partial charge is 0.490 e. The Bertz CT molecular complexity index is 941. The lowest BCUT2D eigenvalue weighted by Gasteiger charge is -2.21. The Morgan fingerprint density at radius 1 is 1.06 bits per heavy atom. The predicted octanol–water partition coefficient (Wildman–Crippen LogP) is 4.25. The van der Waals surface area contributed by atoms with Gasteiger partial charge in [-0.2, -0.15) is 0 Å². The Morgan fingerprint density at radius 2 is 1.81 bits per heavy atom. The maximum atomic E-state index is 12.3. The van der Waals surface area contributed by atoms with Crippen LogP contribution in [0.25, 0.3) is 0 Å². The van der Waals surface area contributed by atoms with Crippen molar-refractivity contribution in [2.45, 2.75) is 46.2 Å². The molecule has 1 amide bonds. The number of benzene rings is 2. The van der Waals surface area contributed by atoms with E-state index in [9.17, 15) is 4.79 Å². The number of hydrogen-bond acceptors (Lipinski definition) is 4. The van der Waals surface area contributed by atoms with Gasteiger partial charge in [0.1, 0.15) is 0 Å². The van der Waals surface area contributed by atoms with Gasteiger partial charge in [0.05, 0.1) is 26.3 Å². The van der Waals surface area contributed by atoms with Crippen LogP contribution in [0.1, 0.15) is 38.3 Å². The topological polar surface area (TPSA) is 84.0 Å². The Labute approximate surface area is 207 Å². The maximum Gasteiger partial charge on any atom is 0.239 e. The van der Waals surface area contributed by atoms with Crippen LogP contribution in [0, 0.1) is 6.92 Å². The highest BCUT2D eigenvalue weighted by atomic mass is 127. The van der Waals surface area contributed by atoms with E-state index in [0.717, 1.165) is 23.4 Å². The van der Waals surface area contributed by atoms with Gasteiger partial charge in [0.2, 0.25) is 5.91 Å². The first kappa shape index (κ1) is 25.8. The minimum atomic E-state index is -0.292. The third kappa shape index (κ3) is 8.57. The van der Waals surface area contributed by atoms with Gasteiger partial charge < -0.3 is 25.4 Å². The van der Waals surface area contributed by atoms with Gasteiger partial charge in [-0.1, -0.05) is 29.8 Å². The molecule has 174 valence electrons. The number of aliphatic imine (C=N–C) groups is 1. The number of carbonyl (C=O) groups is 1. The molecule has 3 rings (SSSR count). The lowest BCUT2D eigenvalue weighted by atomic mass is 10.1. The van der Waals surface area contributed by atoms with Crippen molar-refractivity contribution < 1.29 is 14.3 Å². The molecule has 1 aliphatic rings. The molecule has 0 saturated heterocycles. The average molecular weight is 552 g/mol. The van der Waals surface area contributed by atoms with E-state index in [1.54, 1.807) is 0 Å². The Hall–Kier alpha value is -2.49. The molecule has 3 N–H and O–H groups in total. The van der Waals surface area contributed by atoms with E-state index in [-0.39, 0.29) is 42.0 Å². The SMILES string of the molecule is Cc1cccc(CN=C(NCC(=O)NC(C)(C)C)Nc2ccc3c(c2)OCCCO3)c1.I. The number of guanidine groups is 1. The molecule has 32 heavy (non-hydrogen) atoms. The fraction of sp³-hybridized carbons (Fsp3) is 0.417. The van der Waals surface area contributed by atoms with Crippen molar-refractivity contribution in [3.8, 4) is 11.5 Å². The molecule has 0 aromatic heterocycles. The fourth-order valence-corrected chi connectivity index (χ4v) is 3.12. The lowest BCUT2D eigenvalue weighted by Crippen LogP contribution is -2.46. The van der Waals surface area contributed by atoms with Gasteiger partial charge in [-0.3, -0.25) is 4.79 Å². The van der Waals surface area contributed by atoms with Gasteiger partial charge >= 0.3 is 0 Å². The van der Waals surface area contributed by atoms with Crippen molar-refractivity contribution >= 4 is 41.5 Å². The molecule has 0 saturated carbocycles. The molecule has 1 heterocycles. The van der Waals surface area contributed by atoms with Crippen LogP contribution in [-0.4, -0.2) is 37.2 Å². The summed E-state index contributed by atoms with van der Waals surface area (Å²) in [6.45, 7) is 9.78. The molecule has 0 spiro atoms. The highest BCUT2D eigenvalue weighted by Gasteiger charge is 2.15. The third-order valence-electron chi connectivity index (χ3n) is 4.44. The summed E-state index contributed by atoms with van der Waals surface area (Å²) < 4.78 is 11.5. The van der Waals surface area contributed by atoms with E-state index in [1.807, 2.05) is 51.1 Å². The number of fused-ring (bicyclic) bond motifs is 1. The summed E-state index contributed by atoms with van der Waals surface area (Å²) in [4.78, 5) is 16.9. The number of rotatable bonds is 5. The standard InChI is InChI=1S/C24H32N4O3.HI/c1-17-7-5-8-18(13-17)15-25-23(26-16-22(29)28-24(2,3)4)27-19-9-10-20-21(14-19)31-12-6-11-30-20;/h5,7-10,13-14H,6,11-12,15-16H2,1-4H3,(H,28,29)(H2,25,26,27);1H. The van der Waals surface area contributed by atoms with Gasteiger partial charge in [0, 0.05) is 23.7 Å². The average Bonchev–Trinajstić information content (AvgIpc) is 2.94. The van der Waals surface area contributed by atoms with E-state index in [2.05, 4.69) is 40.0 Å². The molecule has 1 aliphatic heterocycles. The van der Waals surface area contributed by atoms with Crippen molar-refractivity contribution in [2.75, 3.05) is 25.1 Å². The van der Waals surface area contributed by atoms with Gasteiger partial charge in [-0.15, -0.1) is 24.0 Å². The Morgan fingerprint density at radius 3 is 2.53 bits per heavy atom. The van der Waals surface area contributed by atoms with E-state index < -0.39 is 0 Å². The summed E-state index contributed by atoms with van der Waals surface area (Å²) in [6.07, 6.45) is 0.852. The van der Waals surface area contributed by atoms with Crippen molar-refractivity contribution in [1.29, 1.82) is 0 Å². The first-order valence-corrected chi connectivity index (χ1v) is 10.6. The van der Waals surface area contributed by atoms with E-state index in [4.69, 9.17) is 9.47 Å². The fourth-order valence-electron chi connectivity index (χ4n) is 3.12. The van der Waals surface area contributed by atoms with Crippen LogP contribution in [0.4, 0.5) is 5.69 Å². The summed E-state index contributed by atoms with van der Waals surface area (Å²) in [6, 6.07) is 13.9. The van der Waals surface area contributed by atoms with Crippen molar-refractivity contribution in [2.24, 2.45) is 4.99 Å². The zero-order chi connectivity index (χ0) is 22.3. The lowest BCUT2D eigenvalue weighted by molar-refractivity contribution is -0.121. The zero-order valence-electron chi connectivity index (χ0n) is 19.2. The normalized spacial score (nSPS) is 13.4. The number of anilines is 1. The first-order chi connectivity index (χ1) is 14.8. The van der Waals surface area contributed by atoms with Gasteiger partial charge in [0.25, 0.3) is 0 Å². The van der Waals surface area contributed by atoms with E-state index >= 15 is 0 Å². The van der Waals surface area contributed by atoms with Crippen LogP contribution >= 0.6 is 24.0 Å². The quantitative estimate of drug-likeness (QED) is 0.294. The van der Waals surface area contributed by atoms with Crippen LogP contribution in [0.15, 0.2) is 47.5 Å². The van der Waals surface area contributed by atoms with Crippen molar-refractivity contribution in [3.63, 3.8) is 0 Å². The second-order valence-corrected chi connectivity index (χ2v) is 8.64. The smallest absolute Gasteiger partial charge is 0.239 e. The molecular weight excluding hydrogens is 519 g/mol. The second-order valence-electron chi connectivity index (χ2n) is 8.64. The van der Waals surface area contributed by atoms with Gasteiger partial charge in [-0.05, 0) is 45.4 Å². The number of nitrogens with zero attached hydrogens (tertiary/aromatic N) is 1. The van der Waals surface area contributed by atoms with E-state index in [0.29, 0.717) is 31.5 Å². The van der Waals surface area contributed by atoms with Crippen LogP contribution in [0.2, 0.25) is 0 Å². The molecule has 0 atom stereocenters. The Kier molecular flexibility index (Phi) is 9.61. The predicted molar refractivity (Wildman–Crippen MR) is 139 cm³/mol. The second kappa shape index (κ2) is 11.9. The zero-order valence-corrected chi connectivity index (χ0v) is 21.5. The van der Waals surface area contributed by atoms with Crippen LogP contribution in [0.3, 0.4) is 0 Å². The highest BCUT2D eigenvalue weighted by molar-refractivity contribution is 14.0. The number of nitrogens with one attached hydrogen (secondary N) is 3. The molecule has 0 aliphatic carbocycles. The summed E-state index contributed by atoms with van der Waals surface area (Å²) >= 11 is 0. The molecule has 0 fully saturated rings. The minimum absolute atomic E-state index is 0. The van der Waals surface area contributed by atoms with Crippen molar-refractivity contribution in [3.05, 3.63) is 53.6 Å². The monoisotopic (exact) mass is 552 g/mol. The number of aryl methyl sites for hydroxylation is 1. The molecule has 0 bridgehead atoms. The molecule has 7 nitrogen and oxygen atoms in total. The summed E-state index contributed by atoms with van der Waals surface area (Å²) in [5.74, 6) is 1.85. The minimum Gasteiger partial charge on any atom is -0.490 e. The maximum absolute atomic E-state index is 12.3. The first-order valence-electron chi connectivity index (χ1n) is 10.6. The third-order valence-corrected chi connectivity index (χ3v) is 4.44. The number of halogens is 1. The number of carbonyl (C=O) groups excluding carboxylic acids is 1. The molecule has 0 unspecified atom stereocenters. The number of ether oxygens (including phenoxy) is 2. The molecular formula is C24H33IN4O3. The number of hydrogen-bond donors (Lipinski definition) is 3. The summed E-state index contributed by atoms with van der Waals surface area (Å²) in [7, 11) is 0. The summed E-state index contributed by atoms with van der Waals surface area (Å²) in [5.41, 5.74) is 2.79. The number of amides is 1. The van der Waals surface area contributed by atoms with Gasteiger partial charge in [-0.25, -0.2) is 4.99 Å². The summed E-state index contributed by atoms with van der Waals surface area (Å²) in [5, 5.41) is 9.35. The Balaban J connectivity index is 0.00000363. The van der Waals surface area contributed by atoms with E-state index in [1.165, 1.54) is 5.56 Å². The van der Waals surface area contributed by atoms with Gasteiger partial charge in [0.15, 0.2) is 17.5 Å². The highest BCUT2D eigenvalue weighted by Crippen LogP contribution is 2.32. The van der Waals surface area contributed by atoms with Crippen molar-refractivity contribution in [1.82, 2.24) is 10.6 Å². The van der Waals surface area contributed by atoms with Crippen LogP contribution < -0.4 is 25.4 Å². The molecule has 0 radical (unpaired) electrons.